The molecular formula is H6BP3Se. The van der Waals surface area contributed by atoms with Gasteiger partial charge in [0.15, 0.2) is 0 Å². The fourth-order valence-corrected chi connectivity index (χ4v) is 3.82. The van der Waals surface area contributed by atoms with Crippen molar-refractivity contribution in [3.8, 4) is 0 Å². The maximum absolute atomic E-state index is 7.25. The molecule has 0 rings (SSSR count). The van der Waals surface area contributed by atoms with E-state index >= 15 is 0 Å². The summed E-state index contributed by atoms with van der Waals surface area (Å²) in [5, 5.41) is 0. The van der Waals surface area contributed by atoms with Gasteiger partial charge in [-0.25, -0.2) is 0 Å². The van der Waals surface area contributed by atoms with Gasteiger partial charge in [0.25, 0.3) is 0 Å². The first kappa shape index (κ1) is 2.34. The minimum absolute atomic E-state index is 0.843. The van der Waals surface area contributed by atoms with E-state index < -0.39 is 28.1 Å². The van der Waals surface area contributed by atoms with Crippen LogP contribution in [-0.4, -0.2) is 25.9 Å². The van der Waals surface area contributed by atoms with Gasteiger partial charge in [-0.2, -0.15) is 0 Å². The Labute approximate surface area is 49.0 Å². The predicted octanol–water partition coefficient (Wildman–Crippen LogP) is 0.216. The van der Waals surface area contributed by atoms with Crippen LogP contribution in [0.4, 0.5) is 0 Å². The molecule has 3 unspecified atom stereocenters. The molecule has 0 saturated heterocycles. The normalized spacial score (nSPS) is 32.2. The topological polar surface area (TPSA) is 0 Å². The van der Waals surface area contributed by atoms with Crippen LogP contribution in [0.15, 0.2) is 0 Å². The van der Waals surface area contributed by atoms with Crippen molar-refractivity contribution < 1.29 is 0 Å². The summed E-state index contributed by atoms with van der Waals surface area (Å²) in [5.41, 5.74) is 0. The van der Waals surface area contributed by atoms with Crippen LogP contribution in [0.5, 0.6) is 0 Å². The van der Waals surface area contributed by atoms with Crippen LogP contribution >= 0.6 is 22.5 Å². The summed E-state index contributed by atoms with van der Waals surface area (Å²) in [5.74, 6) is 0. The number of hydrogen-bond acceptors (Lipinski definition) is 0. The summed E-state index contributed by atoms with van der Waals surface area (Å²) in [6.45, 7) is 0.843. The molecule has 0 N–H and O–H groups in total. The van der Waals surface area contributed by atoms with Crippen molar-refractivity contribution in [2.45, 2.75) is 0 Å². The zero-order valence-corrected chi connectivity index (χ0v) is 7.11. The minimum atomic E-state index is -1.67. The second kappa shape index (κ2) is 5.74. The van der Waals surface area contributed by atoms with Crippen molar-refractivity contribution in [3.05, 3.63) is 0 Å². The fraction of sp³-hybridized carbons (Fsp3) is 0. The molecule has 0 fully saturated rings. The molecule has 0 aliphatic rings. The van der Waals surface area contributed by atoms with E-state index in [0.29, 0.717) is 0 Å². The van der Waals surface area contributed by atoms with E-state index in [-0.39, 0.29) is 0 Å². The first-order chi connectivity index (χ1) is 4.09. The number of rotatable bonds is 2. The zero-order chi connectivity index (χ0) is 7.44. The molecule has 0 aliphatic heterocycles. The zero-order valence-electron chi connectivity index (χ0n) is 6.46. The van der Waals surface area contributed by atoms with E-state index in [4.69, 9.17) is 4.90 Å². The summed E-state index contributed by atoms with van der Waals surface area (Å²) in [6.07, 6.45) is 0. The Hall–Kier alpha value is 1.74. The maximum atomic E-state index is 7.25. The molecule has 0 aliphatic carbocycles. The van der Waals surface area contributed by atoms with Crippen LogP contribution in [0.2, 0.25) is 0 Å². The SMILES string of the molecule is [2H]P(B([3H])[3H])[Se]([2H])=PP. The molecule has 3 atom stereocenters. The van der Waals surface area contributed by atoms with E-state index in [1.54, 1.807) is 0 Å². The Morgan fingerprint density at radius 2 is 3.80 bits per heavy atom. The van der Waals surface area contributed by atoms with Crippen molar-refractivity contribution in [1.82, 2.24) is 0 Å². The van der Waals surface area contributed by atoms with Gasteiger partial charge >= 0.3 is 48.4 Å². The molecule has 0 bridgehead atoms. The van der Waals surface area contributed by atoms with Crippen molar-refractivity contribution in [1.29, 1.82) is 4.90 Å². The first-order valence-corrected chi connectivity index (χ1v) is 8.79. The third-order valence-electron chi connectivity index (χ3n) is 0.0943. The van der Waals surface area contributed by atoms with Crippen LogP contribution in [0.3, 0.4) is 0 Å². The monoisotopic (exact) mass is 196 g/mol. The summed E-state index contributed by atoms with van der Waals surface area (Å²) in [4.78, 5) is 0. The molecule has 5 heteroatoms. The van der Waals surface area contributed by atoms with Gasteiger partial charge in [-0.05, 0) is 0 Å². The van der Waals surface area contributed by atoms with Crippen LogP contribution in [-0.2, 0) is 0 Å². The van der Waals surface area contributed by atoms with Crippen LogP contribution in [0.25, 0.3) is 0 Å². The Kier molecular flexibility index (Phi) is 2.69. The van der Waals surface area contributed by atoms with E-state index in [1.807, 2.05) is 0 Å². The van der Waals surface area contributed by atoms with Crippen molar-refractivity contribution in [2.24, 2.45) is 0 Å². The van der Waals surface area contributed by atoms with Gasteiger partial charge in [-0.15, -0.1) is 0 Å². The van der Waals surface area contributed by atoms with Crippen LogP contribution in [0, 0.1) is 0 Å². The average Bonchev–Trinajstić information content (AvgIpc) is 1.84. The molecule has 0 aromatic heterocycles. The molecule has 0 heterocycles. The van der Waals surface area contributed by atoms with Gasteiger partial charge in [0.05, 0.1) is 0 Å². The Morgan fingerprint density at radius 3 is 4.00 bits per heavy atom. The predicted molar refractivity (Wildman–Crippen MR) is 40.6 cm³/mol. The van der Waals surface area contributed by atoms with Crippen LogP contribution < -0.4 is 0 Å². The molecule has 0 spiro atoms. The molecule has 30 valence electrons. The molecule has 0 saturated carbocycles. The second-order valence-electron chi connectivity index (χ2n) is 0.292. The van der Waals surface area contributed by atoms with Gasteiger partial charge < -0.3 is 0 Å². The average molecular weight is 195 g/mol. The van der Waals surface area contributed by atoms with Crippen LogP contribution in [0.1, 0.15) is 0 Å². The fourth-order valence-electron chi connectivity index (χ4n) is 0.0272. The van der Waals surface area contributed by atoms with Gasteiger partial charge in [-0.3, -0.25) is 0 Å². The third kappa shape index (κ3) is 5.74. The molecule has 0 aromatic carbocycles. The van der Waals surface area contributed by atoms with Crippen molar-refractivity contribution in [2.75, 3.05) is 0 Å². The van der Waals surface area contributed by atoms with E-state index in [2.05, 4.69) is 8.93 Å². The Bertz CT molecular complexity index is 114. The summed E-state index contributed by atoms with van der Waals surface area (Å²) < 4.78 is 28.1. The standard InChI is InChI=1S/BH6P3Se/c1-3-5-4-2/h3,5H,1-2H2/i1T2,3D,5D. The van der Waals surface area contributed by atoms with Gasteiger partial charge in [0.1, 0.15) is 0 Å². The second-order valence-corrected chi connectivity index (χ2v) is 10.4. The Morgan fingerprint density at radius 1 is 3.00 bits per heavy atom. The molecule has 0 aromatic rings. The van der Waals surface area contributed by atoms with Gasteiger partial charge in [-0.1, -0.05) is 0 Å². The third-order valence-corrected chi connectivity index (χ3v) is 8.82. The summed E-state index contributed by atoms with van der Waals surface area (Å²) in [6, 6.07) is 0. The molecule has 5 heavy (non-hydrogen) atoms. The molecule has 0 nitrogen and oxygen atoms in total. The molecule has 0 radical (unpaired) electrons. The van der Waals surface area contributed by atoms with Gasteiger partial charge in [0, 0.05) is 0 Å². The van der Waals surface area contributed by atoms with E-state index in [0.717, 1.165) is 6.52 Å². The summed E-state index contributed by atoms with van der Waals surface area (Å²) >= 11 is -1.67. The first-order valence-electron chi connectivity index (χ1n) is 2.89. The summed E-state index contributed by atoms with van der Waals surface area (Å²) in [7, 11) is -0.0548. The van der Waals surface area contributed by atoms with Crippen molar-refractivity contribution >= 4 is 43.5 Å². The quantitative estimate of drug-likeness (QED) is 0.436. The van der Waals surface area contributed by atoms with E-state index in [1.165, 1.54) is 0 Å². The van der Waals surface area contributed by atoms with Gasteiger partial charge in [0.2, 0.25) is 0 Å². The van der Waals surface area contributed by atoms with E-state index in [9.17, 15) is 0 Å². The number of hydrogen-bond donors (Lipinski definition) is 0. The molecular weight excluding hydrogens is 183 g/mol. The Balaban J connectivity index is 3.88. The van der Waals surface area contributed by atoms with Crippen molar-refractivity contribution in [3.63, 3.8) is 0 Å². The molecule has 0 amide bonds.